The molecule has 0 saturated carbocycles. The van der Waals surface area contributed by atoms with Gasteiger partial charge in [0.15, 0.2) is 5.78 Å². The zero-order chi connectivity index (χ0) is 21.6. The van der Waals surface area contributed by atoms with Crippen molar-refractivity contribution in [1.29, 1.82) is 0 Å². The zero-order valence-electron chi connectivity index (χ0n) is 17.7. The van der Waals surface area contributed by atoms with E-state index >= 15 is 0 Å². The SMILES string of the molecule is CCOC(=O)C1CC2=C([Si](C)(C)C)C(=O)CC2CN1S(=O)(=O)c1ccc(C)cc1. The summed E-state index contributed by atoms with van der Waals surface area (Å²) in [6.07, 6.45) is 0.560. The lowest BCUT2D eigenvalue weighted by Gasteiger charge is -2.38. The van der Waals surface area contributed by atoms with Crippen molar-refractivity contribution in [1.82, 2.24) is 4.31 Å². The van der Waals surface area contributed by atoms with Crippen LogP contribution in [0.15, 0.2) is 39.9 Å². The van der Waals surface area contributed by atoms with Crippen molar-refractivity contribution >= 4 is 29.8 Å². The highest BCUT2D eigenvalue weighted by Crippen LogP contribution is 2.43. The van der Waals surface area contributed by atoms with E-state index in [-0.39, 0.29) is 36.2 Å². The second-order valence-corrected chi connectivity index (χ2v) is 15.7. The Hall–Kier alpha value is -1.77. The number of carbonyl (C=O) groups excluding carboxylic acids is 2. The van der Waals surface area contributed by atoms with Crippen LogP contribution in [0.2, 0.25) is 19.6 Å². The van der Waals surface area contributed by atoms with Crippen molar-refractivity contribution < 1.29 is 22.7 Å². The van der Waals surface area contributed by atoms with Crippen LogP contribution in [0.1, 0.15) is 25.3 Å². The molecule has 0 spiro atoms. The summed E-state index contributed by atoms with van der Waals surface area (Å²) in [5, 5.41) is 0.879. The molecule has 3 rings (SSSR count). The number of Topliss-reactive ketones (excluding diaryl/α,β-unsaturated/α-hetero) is 1. The molecule has 0 bridgehead atoms. The third-order valence-electron chi connectivity index (χ3n) is 5.62. The van der Waals surface area contributed by atoms with Gasteiger partial charge in [0.1, 0.15) is 6.04 Å². The third kappa shape index (κ3) is 4.11. The second-order valence-electron chi connectivity index (χ2n) is 8.83. The van der Waals surface area contributed by atoms with Gasteiger partial charge >= 0.3 is 5.97 Å². The molecule has 158 valence electrons. The minimum Gasteiger partial charge on any atom is -0.465 e. The Morgan fingerprint density at radius 2 is 1.79 bits per heavy atom. The predicted molar refractivity (Wildman–Crippen MR) is 114 cm³/mol. The highest BCUT2D eigenvalue weighted by molar-refractivity contribution is 7.89. The van der Waals surface area contributed by atoms with E-state index in [0.29, 0.717) is 6.42 Å². The molecule has 6 nitrogen and oxygen atoms in total. The number of hydrogen-bond donors (Lipinski definition) is 0. The Morgan fingerprint density at radius 3 is 2.34 bits per heavy atom. The number of hydrogen-bond acceptors (Lipinski definition) is 5. The van der Waals surface area contributed by atoms with Crippen molar-refractivity contribution in [3.8, 4) is 0 Å². The van der Waals surface area contributed by atoms with Crippen LogP contribution in [-0.2, 0) is 24.3 Å². The second kappa shape index (κ2) is 7.81. The fourth-order valence-corrected chi connectivity index (χ4v) is 8.21. The Bertz CT molecular complexity index is 960. The van der Waals surface area contributed by atoms with Gasteiger partial charge in [-0.15, -0.1) is 0 Å². The number of rotatable bonds is 5. The van der Waals surface area contributed by atoms with Gasteiger partial charge < -0.3 is 4.74 Å². The summed E-state index contributed by atoms with van der Waals surface area (Å²) in [4.78, 5) is 25.6. The van der Waals surface area contributed by atoms with E-state index in [2.05, 4.69) is 19.6 Å². The van der Waals surface area contributed by atoms with Gasteiger partial charge in [-0.2, -0.15) is 4.31 Å². The van der Waals surface area contributed by atoms with Crippen molar-refractivity contribution in [2.75, 3.05) is 13.2 Å². The van der Waals surface area contributed by atoms with Crippen LogP contribution in [0.5, 0.6) is 0 Å². The first-order valence-corrected chi connectivity index (χ1v) is 14.9. The van der Waals surface area contributed by atoms with Gasteiger partial charge in [-0.25, -0.2) is 8.42 Å². The molecule has 0 N–H and O–H groups in total. The lowest BCUT2D eigenvalue weighted by molar-refractivity contribution is -0.148. The molecule has 0 amide bonds. The maximum atomic E-state index is 13.4. The number of benzene rings is 1. The lowest BCUT2D eigenvalue weighted by atomic mass is 9.91. The normalized spacial score (nSPS) is 23.3. The van der Waals surface area contributed by atoms with E-state index in [1.807, 2.05) is 6.92 Å². The number of sulfonamides is 1. The van der Waals surface area contributed by atoms with Crippen LogP contribution >= 0.6 is 0 Å². The van der Waals surface area contributed by atoms with Crippen molar-refractivity contribution in [2.45, 2.75) is 57.3 Å². The standard InChI is InChI=1S/C21H29NO5SSi/c1-6-27-21(24)18-12-17-15(11-19(23)20(17)29(3,4)5)13-22(18)28(25,26)16-9-7-14(2)8-10-16/h7-10,15,18H,6,11-13H2,1-5H3. The molecular formula is C21H29NO5SSi. The summed E-state index contributed by atoms with van der Waals surface area (Å²) in [7, 11) is -5.80. The number of ether oxygens (including phenoxy) is 1. The molecule has 1 aliphatic carbocycles. The molecule has 0 aromatic heterocycles. The van der Waals surface area contributed by atoms with E-state index in [0.717, 1.165) is 16.3 Å². The molecule has 1 aromatic carbocycles. The molecule has 8 heteroatoms. The summed E-state index contributed by atoms with van der Waals surface area (Å²) < 4.78 is 33.3. The summed E-state index contributed by atoms with van der Waals surface area (Å²) in [5.74, 6) is -0.597. The largest absolute Gasteiger partial charge is 0.465 e. The van der Waals surface area contributed by atoms with Crippen molar-refractivity contribution in [3.63, 3.8) is 0 Å². The third-order valence-corrected chi connectivity index (χ3v) is 9.61. The quantitative estimate of drug-likeness (QED) is 0.524. The van der Waals surface area contributed by atoms with E-state index in [4.69, 9.17) is 4.74 Å². The topological polar surface area (TPSA) is 80.8 Å². The average molecular weight is 436 g/mol. The molecule has 1 aliphatic heterocycles. The first-order chi connectivity index (χ1) is 13.5. The van der Waals surface area contributed by atoms with Crippen LogP contribution in [-0.4, -0.2) is 51.7 Å². The maximum Gasteiger partial charge on any atom is 0.324 e. The van der Waals surface area contributed by atoms with E-state index in [1.165, 1.54) is 4.31 Å². The molecule has 29 heavy (non-hydrogen) atoms. The number of carbonyl (C=O) groups is 2. The fraction of sp³-hybridized carbons (Fsp3) is 0.524. The summed E-state index contributed by atoms with van der Waals surface area (Å²) in [6.45, 7) is 10.2. The number of aryl methyl sites for hydroxylation is 1. The van der Waals surface area contributed by atoms with E-state index in [9.17, 15) is 18.0 Å². The first-order valence-electron chi connectivity index (χ1n) is 9.98. The number of esters is 1. The molecule has 1 fully saturated rings. The number of nitrogens with zero attached hydrogens (tertiary/aromatic N) is 1. The lowest BCUT2D eigenvalue weighted by Crippen LogP contribution is -2.51. The average Bonchev–Trinajstić information content (AvgIpc) is 2.96. The Labute approximate surface area is 174 Å². The molecule has 2 unspecified atom stereocenters. The summed E-state index contributed by atoms with van der Waals surface area (Å²) >= 11 is 0. The van der Waals surface area contributed by atoms with Gasteiger partial charge in [0.2, 0.25) is 10.0 Å². The van der Waals surface area contributed by atoms with Gasteiger partial charge in [0, 0.05) is 18.9 Å². The first kappa shape index (κ1) is 21.9. The van der Waals surface area contributed by atoms with Crippen LogP contribution in [0.3, 0.4) is 0 Å². The highest BCUT2D eigenvalue weighted by atomic mass is 32.2. The van der Waals surface area contributed by atoms with Gasteiger partial charge in [-0.3, -0.25) is 9.59 Å². The number of allylic oxidation sites excluding steroid dienone is 1. The fourth-order valence-electron chi connectivity index (χ4n) is 4.38. The van der Waals surface area contributed by atoms with Crippen LogP contribution in [0, 0.1) is 12.8 Å². The molecule has 1 aromatic rings. The van der Waals surface area contributed by atoms with Gasteiger partial charge in [-0.1, -0.05) is 42.9 Å². The number of ketones is 1. The van der Waals surface area contributed by atoms with Crippen LogP contribution in [0.25, 0.3) is 0 Å². The zero-order valence-corrected chi connectivity index (χ0v) is 19.5. The van der Waals surface area contributed by atoms with Gasteiger partial charge in [0.25, 0.3) is 0 Å². The van der Waals surface area contributed by atoms with Crippen molar-refractivity contribution in [2.24, 2.45) is 5.92 Å². The predicted octanol–water partition coefficient (Wildman–Crippen LogP) is 3.08. The molecule has 2 aliphatic rings. The molecule has 0 radical (unpaired) electrons. The maximum absolute atomic E-state index is 13.4. The Balaban J connectivity index is 2.06. The number of piperidine rings is 1. The minimum atomic E-state index is -3.89. The van der Waals surface area contributed by atoms with E-state index in [1.54, 1.807) is 31.2 Å². The molecule has 1 heterocycles. The molecule has 2 atom stereocenters. The highest BCUT2D eigenvalue weighted by Gasteiger charge is 2.49. The minimum absolute atomic E-state index is 0.112. The monoisotopic (exact) mass is 435 g/mol. The van der Waals surface area contributed by atoms with Gasteiger partial charge in [-0.05, 0) is 37.6 Å². The Kier molecular flexibility index (Phi) is 5.90. The number of fused-ring (bicyclic) bond motifs is 1. The van der Waals surface area contributed by atoms with Crippen LogP contribution < -0.4 is 0 Å². The summed E-state index contributed by atoms with van der Waals surface area (Å²) in [6, 6.07) is 5.66. The van der Waals surface area contributed by atoms with Crippen molar-refractivity contribution in [3.05, 3.63) is 40.6 Å². The van der Waals surface area contributed by atoms with Crippen LogP contribution in [0.4, 0.5) is 0 Å². The van der Waals surface area contributed by atoms with E-state index < -0.39 is 30.1 Å². The molecular weight excluding hydrogens is 406 g/mol. The molecule has 1 saturated heterocycles. The summed E-state index contributed by atoms with van der Waals surface area (Å²) in [5.41, 5.74) is 1.93. The smallest absolute Gasteiger partial charge is 0.324 e. The Morgan fingerprint density at radius 1 is 1.17 bits per heavy atom. The van der Waals surface area contributed by atoms with Gasteiger partial charge in [0.05, 0.1) is 19.6 Å².